The lowest BCUT2D eigenvalue weighted by atomic mass is 9.97. The number of likely N-dealkylation sites (tertiary alicyclic amines) is 1. The van der Waals surface area contributed by atoms with E-state index >= 15 is 0 Å². The number of rotatable bonds is 1. The monoisotopic (exact) mass is 215 g/mol. The van der Waals surface area contributed by atoms with Crippen molar-refractivity contribution < 1.29 is 4.74 Å². The molecular formula is C13H29NO. The third kappa shape index (κ3) is 4.98. The Morgan fingerprint density at radius 2 is 1.40 bits per heavy atom. The Kier molecular flexibility index (Phi) is 9.12. The molecule has 0 radical (unpaired) electrons. The minimum absolute atomic E-state index is 0.766. The van der Waals surface area contributed by atoms with Crippen molar-refractivity contribution in [2.75, 3.05) is 26.3 Å². The van der Waals surface area contributed by atoms with Gasteiger partial charge in [0.2, 0.25) is 0 Å². The van der Waals surface area contributed by atoms with Gasteiger partial charge in [-0.2, -0.15) is 0 Å². The molecule has 2 heterocycles. The topological polar surface area (TPSA) is 12.5 Å². The van der Waals surface area contributed by atoms with Gasteiger partial charge >= 0.3 is 0 Å². The molecule has 0 bridgehead atoms. The SMILES string of the molecule is CC.CC.CC1CCN(C2COC2)CC1. The standard InChI is InChI=1S/C9H17NO.2C2H6/c1-8-2-4-10(5-3-8)9-6-11-7-9;2*1-2/h8-9H,2-7H2,1H3;2*1-2H3. The van der Waals surface area contributed by atoms with Gasteiger partial charge in [-0.25, -0.2) is 0 Å². The van der Waals surface area contributed by atoms with Gasteiger partial charge in [-0.15, -0.1) is 0 Å². The molecule has 0 aromatic carbocycles. The van der Waals surface area contributed by atoms with Crippen LogP contribution < -0.4 is 0 Å². The van der Waals surface area contributed by atoms with Gasteiger partial charge in [0.15, 0.2) is 0 Å². The maximum absolute atomic E-state index is 5.17. The lowest BCUT2D eigenvalue weighted by Gasteiger charge is -2.40. The number of piperidine rings is 1. The maximum atomic E-state index is 5.17. The van der Waals surface area contributed by atoms with E-state index in [0.717, 1.165) is 25.2 Å². The smallest absolute Gasteiger partial charge is 0.0645 e. The molecule has 2 rings (SSSR count). The Morgan fingerprint density at radius 3 is 1.73 bits per heavy atom. The zero-order valence-electron chi connectivity index (χ0n) is 11.3. The summed E-state index contributed by atoms with van der Waals surface area (Å²) in [7, 11) is 0. The number of ether oxygens (including phenoxy) is 1. The molecule has 0 unspecified atom stereocenters. The fourth-order valence-electron chi connectivity index (χ4n) is 1.83. The van der Waals surface area contributed by atoms with Crippen LogP contribution in [-0.2, 0) is 4.74 Å². The van der Waals surface area contributed by atoms with E-state index in [-0.39, 0.29) is 0 Å². The molecule has 0 aromatic heterocycles. The van der Waals surface area contributed by atoms with E-state index < -0.39 is 0 Å². The van der Waals surface area contributed by atoms with Crippen molar-refractivity contribution in [2.24, 2.45) is 5.92 Å². The third-order valence-electron chi connectivity index (χ3n) is 2.96. The highest BCUT2D eigenvalue weighted by atomic mass is 16.5. The van der Waals surface area contributed by atoms with Crippen LogP contribution in [0.4, 0.5) is 0 Å². The molecule has 15 heavy (non-hydrogen) atoms. The summed E-state index contributed by atoms with van der Waals surface area (Å²) in [4.78, 5) is 2.59. The molecule has 0 aliphatic carbocycles. The summed E-state index contributed by atoms with van der Waals surface area (Å²) in [5.41, 5.74) is 0. The Bertz CT molecular complexity index is 126. The zero-order valence-corrected chi connectivity index (χ0v) is 11.3. The van der Waals surface area contributed by atoms with Gasteiger partial charge in [0.05, 0.1) is 19.3 Å². The van der Waals surface area contributed by atoms with Crippen LogP contribution in [0.2, 0.25) is 0 Å². The Morgan fingerprint density at radius 1 is 0.933 bits per heavy atom. The molecule has 0 aromatic rings. The largest absolute Gasteiger partial charge is 0.378 e. The normalized spacial score (nSPS) is 23.0. The van der Waals surface area contributed by atoms with Crippen LogP contribution in [-0.4, -0.2) is 37.2 Å². The zero-order chi connectivity index (χ0) is 11.7. The van der Waals surface area contributed by atoms with Gasteiger partial charge in [0.1, 0.15) is 0 Å². The molecule has 0 spiro atoms. The van der Waals surface area contributed by atoms with Crippen molar-refractivity contribution in [1.82, 2.24) is 4.90 Å². The molecule has 0 atom stereocenters. The average Bonchev–Trinajstić information content (AvgIpc) is 2.25. The van der Waals surface area contributed by atoms with E-state index in [1.54, 1.807) is 0 Å². The fraction of sp³-hybridized carbons (Fsp3) is 1.00. The summed E-state index contributed by atoms with van der Waals surface area (Å²) in [5, 5.41) is 0. The van der Waals surface area contributed by atoms with Crippen LogP contribution in [0.25, 0.3) is 0 Å². The van der Waals surface area contributed by atoms with E-state index in [9.17, 15) is 0 Å². The first-order valence-corrected chi connectivity index (χ1v) is 6.68. The van der Waals surface area contributed by atoms with Gasteiger partial charge in [-0.1, -0.05) is 34.6 Å². The summed E-state index contributed by atoms with van der Waals surface area (Å²) >= 11 is 0. The van der Waals surface area contributed by atoms with E-state index in [2.05, 4.69) is 11.8 Å². The number of hydrogen-bond acceptors (Lipinski definition) is 2. The summed E-state index contributed by atoms with van der Waals surface area (Å²) in [6.45, 7) is 14.9. The number of hydrogen-bond donors (Lipinski definition) is 0. The fourth-order valence-corrected chi connectivity index (χ4v) is 1.83. The van der Waals surface area contributed by atoms with Gasteiger partial charge in [-0.3, -0.25) is 4.90 Å². The molecule has 2 aliphatic heterocycles. The first kappa shape index (κ1) is 14.9. The van der Waals surface area contributed by atoms with Crippen LogP contribution in [0.5, 0.6) is 0 Å². The first-order valence-electron chi connectivity index (χ1n) is 6.68. The highest BCUT2D eigenvalue weighted by Gasteiger charge is 2.28. The molecule has 2 aliphatic rings. The third-order valence-corrected chi connectivity index (χ3v) is 2.96. The minimum Gasteiger partial charge on any atom is -0.378 e. The second-order valence-corrected chi connectivity index (χ2v) is 3.91. The van der Waals surface area contributed by atoms with Crippen molar-refractivity contribution in [2.45, 2.75) is 53.5 Å². The number of nitrogens with zero attached hydrogens (tertiary/aromatic N) is 1. The lowest BCUT2D eigenvalue weighted by molar-refractivity contribution is -0.0731. The first-order chi connectivity index (χ1) is 7.36. The second-order valence-electron chi connectivity index (χ2n) is 3.91. The van der Waals surface area contributed by atoms with Crippen LogP contribution in [0, 0.1) is 5.92 Å². The van der Waals surface area contributed by atoms with Gasteiger partial charge in [-0.05, 0) is 31.8 Å². The molecule has 0 amide bonds. The molecule has 2 saturated heterocycles. The van der Waals surface area contributed by atoms with E-state index in [4.69, 9.17) is 4.74 Å². The van der Waals surface area contributed by atoms with Crippen molar-refractivity contribution >= 4 is 0 Å². The summed E-state index contributed by atoms with van der Waals surface area (Å²) in [5.74, 6) is 0.951. The minimum atomic E-state index is 0.766. The predicted molar refractivity (Wildman–Crippen MR) is 67.3 cm³/mol. The van der Waals surface area contributed by atoms with Gasteiger partial charge in [0, 0.05) is 0 Å². The van der Waals surface area contributed by atoms with Gasteiger partial charge in [0.25, 0.3) is 0 Å². The molecule has 2 heteroatoms. The van der Waals surface area contributed by atoms with E-state index in [1.165, 1.54) is 25.9 Å². The predicted octanol–water partition coefficient (Wildman–Crippen LogP) is 3.17. The second kappa shape index (κ2) is 9.17. The molecular weight excluding hydrogens is 186 g/mol. The van der Waals surface area contributed by atoms with Crippen LogP contribution >= 0.6 is 0 Å². The highest BCUT2D eigenvalue weighted by molar-refractivity contribution is 4.80. The Balaban J connectivity index is 0.000000442. The lowest BCUT2D eigenvalue weighted by Crippen LogP contribution is -2.51. The summed E-state index contributed by atoms with van der Waals surface area (Å²) in [6, 6.07) is 0.766. The molecule has 0 saturated carbocycles. The van der Waals surface area contributed by atoms with E-state index in [0.29, 0.717) is 0 Å². The maximum Gasteiger partial charge on any atom is 0.0645 e. The quantitative estimate of drug-likeness (QED) is 0.666. The van der Waals surface area contributed by atoms with Crippen molar-refractivity contribution in [3.05, 3.63) is 0 Å². The molecule has 2 fully saturated rings. The molecule has 2 nitrogen and oxygen atoms in total. The molecule has 92 valence electrons. The highest BCUT2D eigenvalue weighted by Crippen LogP contribution is 2.20. The van der Waals surface area contributed by atoms with Crippen molar-refractivity contribution in [3.8, 4) is 0 Å². The van der Waals surface area contributed by atoms with Crippen molar-refractivity contribution in [1.29, 1.82) is 0 Å². The van der Waals surface area contributed by atoms with Gasteiger partial charge < -0.3 is 4.74 Å². The van der Waals surface area contributed by atoms with Crippen LogP contribution in [0.1, 0.15) is 47.5 Å². The molecule has 0 N–H and O–H groups in total. The van der Waals surface area contributed by atoms with E-state index in [1.807, 2.05) is 27.7 Å². The van der Waals surface area contributed by atoms with Crippen LogP contribution in [0.15, 0.2) is 0 Å². The summed E-state index contributed by atoms with van der Waals surface area (Å²) < 4.78 is 5.17. The Hall–Kier alpha value is -0.0800. The Labute approximate surface area is 96.0 Å². The van der Waals surface area contributed by atoms with Crippen LogP contribution in [0.3, 0.4) is 0 Å². The summed E-state index contributed by atoms with van der Waals surface area (Å²) in [6.07, 6.45) is 2.77. The average molecular weight is 215 g/mol. The van der Waals surface area contributed by atoms with Crippen molar-refractivity contribution in [3.63, 3.8) is 0 Å².